The maximum atomic E-state index is 7.04. The third kappa shape index (κ3) is 9.63. The Morgan fingerprint density at radius 1 is 0.750 bits per heavy atom. The molecule has 0 bridgehead atoms. The van der Waals surface area contributed by atoms with Gasteiger partial charge in [0.1, 0.15) is 0 Å². The van der Waals surface area contributed by atoms with Crippen molar-refractivity contribution in [2.45, 2.75) is 100 Å². The summed E-state index contributed by atoms with van der Waals surface area (Å²) < 4.78 is 11.4. The molecule has 0 N–H and O–H groups in total. The van der Waals surface area contributed by atoms with E-state index in [2.05, 4.69) is 64.0 Å². The fraction of sp³-hybridized carbons (Fsp3) is 0.760. The van der Waals surface area contributed by atoms with Crippen LogP contribution in [0, 0.1) is 0 Å². The molecule has 0 saturated heterocycles. The fourth-order valence-electron chi connectivity index (χ4n) is 4.13. The Morgan fingerprint density at radius 3 is 1.93 bits per heavy atom. The van der Waals surface area contributed by atoms with E-state index in [1.165, 1.54) is 78.6 Å². The van der Waals surface area contributed by atoms with E-state index in [4.69, 9.17) is 3.07 Å². The van der Waals surface area contributed by atoms with Crippen molar-refractivity contribution in [2.75, 3.05) is 20.7 Å². The zero-order valence-electron chi connectivity index (χ0n) is 19.6. The molecule has 1 aromatic rings. The van der Waals surface area contributed by atoms with Gasteiger partial charge in [-0.15, -0.1) is 0 Å². The number of benzene rings is 1. The summed E-state index contributed by atoms with van der Waals surface area (Å²) in [6.45, 7) is 8.98. The Labute approximate surface area is 180 Å². The number of unbranched alkanes of at least 4 members (excludes halogenated alkanes) is 7. The number of hydrogen-bond donors (Lipinski definition) is 0. The average molecular weight is 496 g/mol. The van der Waals surface area contributed by atoms with Gasteiger partial charge in [-0.2, -0.15) is 0 Å². The second-order valence-corrected chi connectivity index (χ2v) is 19.6. The summed E-state index contributed by atoms with van der Waals surface area (Å²) in [7, 11) is 4.37. The van der Waals surface area contributed by atoms with E-state index in [0.717, 1.165) is 13.2 Å². The molecule has 0 fully saturated rings. The summed E-state index contributed by atoms with van der Waals surface area (Å²) in [6, 6.07) is 9.26. The topological polar surface area (TPSA) is 12.5 Å². The predicted octanol–water partition coefficient (Wildman–Crippen LogP) is 6.88. The van der Waals surface area contributed by atoms with E-state index in [0.29, 0.717) is 0 Å². The molecule has 0 saturated carbocycles. The maximum absolute atomic E-state index is 7.04. The second kappa shape index (κ2) is 15.7. The summed E-state index contributed by atoms with van der Waals surface area (Å²) in [5.41, 5.74) is 1.53. The normalized spacial score (nSPS) is 12.1. The minimum atomic E-state index is -2.86. The number of rotatable bonds is 17. The SMILES string of the molecule is CCCCCCCC[O][Sn]([CH2]CCC)([CH2]CCC)[c]1ccccc1CN(C)C. The summed E-state index contributed by atoms with van der Waals surface area (Å²) in [6.07, 6.45) is 13.3. The van der Waals surface area contributed by atoms with Crippen molar-refractivity contribution in [1.29, 1.82) is 0 Å². The van der Waals surface area contributed by atoms with Crippen molar-refractivity contribution in [3.8, 4) is 0 Å². The van der Waals surface area contributed by atoms with Gasteiger partial charge in [-0.05, 0) is 0 Å². The van der Waals surface area contributed by atoms with Gasteiger partial charge in [0.15, 0.2) is 0 Å². The molecule has 0 aliphatic heterocycles. The summed E-state index contributed by atoms with van der Waals surface area (Å²) in [5.74, 6) is 0. The minimum absolute atomic E-state index is 0.992. The number of hydrogen-bond acceptors (Lipinski definition) is 2. The molecule has 28 heavy (non-hydrogen) atoms. The first-order valence-corrected chi connectivity index (χ1v) is 18.6. The molecule has 2 nitrogen and oxygen atoms in total. The van der Waals surface area contributed by atoms with E-state index in [-0.39, 0.29) is 0 Å². The van der Waals surface area contributed by atoms with Crippen LogP contribution in [0.4, 0.5) is 0 Å². The molecule has 0 amide bonds. The molecule has 1 aromatic carbocycles. The second-order valence-electron chi connectivity index (χ2n) is 8.71. The van der Waals surface area contributed by atoms with Crippen molar-refractivity contribution >= 4 is 22.4 Å². The quantitative estimate of drug-likeness (QED) is 0.172. The van der Waals surface area contributed by atoms with Gasteiger partial charge in [-0.3, -0.25) is 0 Å². The van der Waals surface area contributed by atoms with Crippen LogP contribution in [0.5, 0.6) is 0 Å². The van der Waals surface area contributed by atoms with E-state index in [1.807, 2.05) is 0 Å². The van der Waals surface area contributed by atoms with Crippen molar-refractivity contribution in [3.63, 3.8) is 0 Å². The zero-order valence-corrected chi connectivity index (χ0v) is 22.4. The van der Waals surface area contributed by atoms with Crippen molar-refractivity contribution in [2.24, 2.45) is 0 Å². The van der Waals surface area contributed by atoms with Gasteiger partial charge in [0.25, 0.3) is 0 Å². The van der Waals surface area contributed by atoms with Crippen molar-refractivity contribution in [1.82, 2.24) is 4.90 Å². The molecule has 0 heterocycles. The van der Waals surface area contributed by atoms with E-state index >= 15 is 0 Å². The molecule has 0 radical (unpaired) electrons. The molecule has 162 valence electrons. The molecule has 1 rings (SSSR count). The Balaban J connectivity index is 2.95. The Hall–Kier alpha value is -0.0613. The van der Waals surface area contributed by atoms with Crippen LogP contribution in [0.15, 0.2) is 24.3 Å². The van der Waals surface area contributed by atoms with Crippen molar-refractivity contribution in [3.05, 3.63) is 29.8 Å². The van der Waals surface area contributed by atoms with Crippen LogP contribution in [0.1, 0.15) is 90.5 Å². The first kappa shape index (κ1) is 26.0. The number of nitrogens with zero attached hydrogens (tertiary/aromatic N) is 1. The van der Waals surface area contributed by atoms with Gasteiger partial charge in [0, 0.05) is 0 Å². The van der Waals surface area contributed by atoms with Crippen molar-refractivity contribution < 1.29 is 3.07 Å². The third-order valence-corrected chi connectivity index (χ3v) is 18.7. The van der Waals surface area contributed by atoms with Crippen LogP contribution in [-0.4, -0.2) is 44.4 Å². The molecule has 0 unspecified atom stereocenters. The molecule has 0 aliphatic carbocycles. The predicted molar refractivity (Wildman–Crippen MR) is 128 cm³/mol. The van der Waals surface area contributed by atoms with Gasteiger partial charge in [0.2, 0.25) is 0 Å². The van der Waals surface area contributed by atoms with Gasteiger partial charge >= 0.3 is 181 Å². The van der Waals surface area contributed by atoms with Gasteiger partial charge in [0.05, 0.1) is 0 Å². The molecule has 3 heteroatoms. The molecular weight excluding hydrogens is 449 g/mol. The first-order chi connectivity index (χ1) is 13.6. The molecular formula is C25H47NOSn. The van der Waals surface area contributed by atoms with Gasteiger partial charge in [-0.25, -0.2) is 0 Å². The standard InChI is InChI=1S/C9H12N.C8H17O.2C4H9.Sn/c1-10(2)8-9-6-4-3-5-7-9;1-2-3-4-5-6-7-8-9;2*1-3-4-2;/h3-6H,8H2,1-2H3;2-8H2,1H3;2*1,3-4H2,2H3;/q;-1;;;+1. The monoisotopic (exact) mass is 497 g/mol. The molecule has 0 spiro atoms. The van der Waals surface area contributed by atoms with Crippen LogP contribution >= 0.6 is 0 Å². The fourth-order valence-corrected chi connectivity index (χ4v) is 17.7. The van der Waals surface area contributed by atoms with Gasteiger partial charge < -0.3 is 0 Å². The molecule has 0 aromatic heterocycles. The summed E-state index contributed by atoms with van der Waals surface area (Å²) in [5, 5.41) is 0. The average Bonchev–Trinajstić information content (AvgIpc) is 2.69. The van der Waals surface area contributed by atoms with E-state index < -0.39 is 18.8 Å². The molecule has 0 atom stereocenters. The van der Waals surface area contributed by atoms with Crippen LogP contribution in [0.3, 0.4) is 0 Å². The van der Waals surface area contributed by atoms with Crippen LogP contribution in [0.25, 0.3) is 0 Å². The Morgan fingerprint density at radius 2 is 1.32 bits per heavy atom. The molecule has 0 aliphatic rings. The zero-order chi connectivity index (χ0) is 20.7. The van der Waals surface area contributed by atoms with E-state index in [1.54, 1.807) is 3.58 Å². The summed E-state index contributed by atoms with van der Waals surface area (Å²) >= 11 is -2.86. The van der Waals surface area contributed by atoms with Crippen LogP contribution in [-0.2, 0) is 9.62 Å². The van der Waals surface area contributed by atoms with E-state index in [9.17, 15) is 0 Å². The Bertz CT molecular complexity index is 495. The summed E-state index contributed by atoms with van der Waals surface area (Å²) in [4.78, 5) is 2.31. The van der Waals surface area contributed by atoms with Gasteiger partial charge in [-0.1, -0.05) is 0 Å². The Kier molecular flexibility index (Phi) is 14.6. The van der Waals surface area contributed by atoms with Crippen LogP contribution in [0.2, 0.25) is 8.87 Å². The van der Waals surface area contributed by atoms with Crippen LogP contribution < -0.4 is 3.58 Å². The first-order valence-electron chi connectivity index (χ1n) is 12.0. The third-order valence-electron chi connectivity index (χ3n) is 5.74.